The molecule has 1 aromatic carbocycles. The van der Waals surface area contributed by atoms with Crippen molar-refractivity contribution in [3.8, 4) is 23.0 Å². The van der Waals surface area contributed by atoms with Crippen molar-refractivity contribution in [1.29, 1.82) is 0 Å². The van der Waals surface area contributed by atoms with E-state index in [9.17, 15) is 4.79 Å². The maximum absolute atomic E-state index is 10.7. The molecule has 6 nitrogen and oxygen atoms in total. The number of rotatable bonds is 6. The summed E-state index contributed by atoms with van der Waals surface area (Å²) in [6, 6.07) is 3.08. The normalized spacial score (nSPS) is 11.6. The Morgan fingerprint density at radius 1 is 1.11 bits per heavy atom. The average Bonchev–Trinajstić information content (AvgIpc) is 2.37. The molecular formula is C12H16O6. The fourth-order valence-corrected chi connectivity index (χ4v) is 1.38. The van der Waals surface area contributed by atoms with E-state index in [0.717, 1.165) is 0 Å². The molecule has 0 heterocycles. The van der Waals surface area contributed by atoms with Gasteiger partial charge in [0.25, 0.3) is 0 Å². The highest BCUT2D eigenvalue weighted by atomic mass is 16.5. The number of ether oxygens (including phenoxy) is 4. The van der Waals surface area contributed by atoms with Gasteiger partial charge in [-0.3, -0.25) is 0 Å². The molecule has 0 bridgehead atoms. The first kappa shape index (κ1) is 14.0. The van der Waals surface area contributed by atoms with Gasteiger partial charge in [0.1, 0.15) is 5.75 Å². The van der Waals surface area contributed by atoms with E-state index >= 15 is 0 Å². The molecule has 0 saturated heterocycles. The zero-order chi connectivity index (χ0) is 13.7. The molecule has 0 amide bonds. The number of aliphatic carboxylic acids is 1. The molecule has 0 aromatic heterocycles. The van der Waals surface area contributed by atoms with E-state index in [1.165, 1.54) is 28.3 Å². The van der Waals surface area contributed by atoms with Gasteiger partial charge < -0.3 is 24.1 Å². The van der Waals surface area contributed by atoms with Gasteiger partial charge in [0.05, 0.1) is 21.3 Å². The highest BCUT2D eigenvalue weighted by molar-refractivity contribution is 5.72. The lowest BCUT2D eigenvalue weighted by Gasteiger charge is -2.16. The summed E-state index contributed by atoms with van der Waals surface area (Å²) in [4.78, 5) is 10.7. The van der Waals surface area contributed by atoms with E-state index < -0.39 is 12.1 Å². The van der Waals surface area contributed by atoms with Gasteiger partial charge in [-0.25, -0.2) is 4.79 Å². The first-order chi connectivity index (χ1) is 8.53. The van der Waals surface area contributed by atoms with E-state index in [0.29, 0.717) is 23.0 Å². The summed E-state index contributed by atoms with van der Waals surface area (Å²) in [5.41, 5.74) is 0. The molecule has 18 heavy (non-hydrogen) atoms. The predicted octanol–water partition coefficient (Wildman–Crippen LogP) is 1.56. The van der Waals surface area contributed by atoms with Crippen LogP contribution in [0.1, 0.15) is 6.92 Å². The Bertz CT molecular complexity index is 404. The van der Waals surface area contributed by atoms with Crippen LogP contribution in [0.2, 0.25) is 0 Å². The molecular weight excluding hydrogens is 240 g/mol. The molecule has 0 saturated carbocycles. The van der Waals surface area contributed by atoms with Crippen LogP contribution >= 0.6 is 0 Å². The van der Waals surface area contributed by atoms with Gasteiger partial charge in [-0.05, 0) is 6.92 Å². The summed E-state index contributed by atoms with van der Waals surface area (Å²) < 4.78 is 20.6. The Balaban J connectivity index is 3.11. The minimum absolute atomic E-state index is 0.333. The lowest BCUT2D eigenvalue weighted by molar-refractivity contribution is -0.144. The number of methoxy groups -OCH3 is 3. The van der Waals surface area contributed by atoms with Crippen molar-refractivity contribution in [1.82, 2.24) is 0 Å². The molecule has 0 radical (unpaired) electrons. The van der Waals surface area contributed by atoms with Crippen molar-refractivity contribution in [2.75, 3.05) is 21.3 Å². The smallest absolute Gasteiger partial charge is 0.344 e. The number of benzene rings is 1. The number of hydrogen-bond acceptors (Lipinski definition) is 5. The van der Waals surface area contributed by atoms with Gasteiger partial charge in [-0.2, -0.15) is 0 Å². The zero-order valence-electron chi connectivity index (χ0n) is 10.7. The standard InChI is InChI=1S/C12H16O6/c1-7(12(13)14)18-8-5-9(15-2)11(17-4)10(6-8)16-3/h5-7H,1-4H3,(H,13,14)/t7-/m1/s1. The van der Waals surface area contributed by atoms with Crippen LogP contribution in [0.15, 0.2) is 12.1 Å². The van der Waals surface area contributed by atoms with E-state index in [1.54, 1.807) is 12.1 Å². The Morgan fingerprint density at radius 3 is 1.94 bits per heavy atom. The summed E-state index contributed by atoms with van der Waals surface area (Å²) >= 11 is 0. The maximum atomic E-state index is 10.7. The quantitative estimate of drug-likeness (QED) is 0.832. The molecule has 0 aliphatic carbocycles. The number of carboxylic acids is 1. The van der Waals surface area contributed by atoms with Gasteiger partial charge in [0, 0.05) is 12.1 Å². The fraction of sp³-hybridized carbons (Fsp3) is 0.417. The molecule has 0 spiro atoms. The summed E-state index contributed by atoms with van der Waals surface area (Å²) in [7, 11) is 4.43. The minimum Gasteiger partial charge on any atom is -0.493 e. The van der Waals surface area contributed by atoms with Crippen LogP contribution < -0.4 is 18.9 Å². The topological polar surface area (TPSA) is 74.2 Å². The van der Waals surface area contributed by atoms with E-state index in [-0.39, 0.29) is 0 Å². The Kier molecular flexibility index (Phi) is 4.65. The second-order valence-electron chi connectivity index (χ2n) is 3.46. The van der Waals surface area contributed by atoms with E-state index in [2.05, 4.69) is 0 Å². The molecule has 1 rings (SSSR count). The van der Waals surface area contributed by atoms with Crippen molar-refractivity contribution in [2.45, 2.75) is 13.0 Å². The van der Waals surface area contributed by atoms with Crippen molar-refractivity contribution in [3.05, 3.63) is 12.1 Å². The molecule has 1 N–H and O–H groups in total. The first-order valence-electron chi connectivity index (χ1n) is 5.23. The van der Waals surface area contributed by atoms with Crippen LogP contribution in [0, 0.1) is 0 Å². The highest BCUT2D eigenvalue weighted by Gasteiger charge is 2.17. The number of carbonyl (C=O) groups is 1. The Hall–Kier alpha value is -2.11. The van der Waals surface area contributed by atoms with Gasteiger partial charge >= 0.3 is 5.97 Å². The Morgan fingerprint density at radius 2 is 1.61 bits per heavy atom. The molecule has 100 valence electrons. The summed E-state index contributed by atoms with van der Waals surface area (Å²) in [5, 5.41) is 8.78. The Labute approximate surface area is 105 Å². The first-order valence-corrected chi connectivity index (χ1v) is 5.23. The van der Waals surface area contributed by atoms with Crippen LogP contribution in [0.3, 0.4) is 0 Å². The zero-order valence-corrected chi connectivity index (χ0v) is 10.7. The van der Waals surface area contributed by atoms with Crippen LogP contribution in [-0.2, 0) is 4.79 Å². The molecule has 1 atom stereocenters. The molecule has 0 aliphatic heterocycles. The summed E-state index contributed by atoms with van der Waals surface area (Å²) in [6.45, 7) is 1.44. The SMILES string of the molecule is COc1cc(O[C@H](C)C(=O)O)cc(OC)c1OC. The highest BCUT2D eigenvalue weighted by Crippen LogP contribution is 2.40. The fourth-order valence-electron chi connectivity index (χ4n) is 1.38. The molecule has 0 aliphatic rings. The lowest BCUT2D eigenvalue weighted by Crippen LogP contribution is -2.22. The predicted molar refractivity (Wildman–Crippen MR) is 63.8 cm³/mol. The molecule has 1 aromatic rings. The van der Waals surface area contributed by atoms with Gasteiger partial charge in [-0.15, -0.1) is 0 Å². The monoisotopic (exact) mass is 256 g/mol. The maximum Gasteiger partial charge on any atom is 0.344 e. The molecule has 6 heteroatoms. The van der Waals surface area contributed by atoms with Gasteiger partial charge in [-0.1, -0.05) is 0 Å². The van der Waals surface area contributed by atoms with E-state index in [4.69, 9.17) is 24.1 Å². The van der Waals surface area contributed by atoms with Crippen molar-refractivity contribution >= 4 is 5.97 Å². The molecule has 0 unspecified atom stereocenters. The minimum atomic E-state index is -1.05. The largest absolute Gasteiger partial charge is 0.493 e. The molecule has 0 fully saturated rings. The third kappa shape index (κ3) is 2.97. The van der Waals surface area contributed by atoms with Crippen molar-refractivity contribution in [2.24, 2.45) is 0 Å². The van der Waals surface area contributed by atoms with Gasteiger partial charge in [0.2, 0.25) is 5.75 Å². The van der Waals surface area contributed by atoms with E-state index in [1.807, 2.05) is 0 Å². The van der Waals surface area contributed by atoms with Crippen molar-refractivity contribution in [3.63, 3.8) is 0 Å². The lowest BCUT2D eigenvalue weighted by atomic mass is 10.2. The summed E-state index contributed by atoms with van der Waals surface area (Å²) in [6.07, 6.45) is -0.965. The van der Waals surface area contributed by atoms with Crippen molar-refractivity contribution < 1.29 is 28.8 Å². The number of hydrogen-bond donors (Lipinski definition) is 1. The van der Waals surface area contributed by atoms with Gasteiger partial charge in [0.15, 0.2) is 17.6 Å². The van der Waals surface area contributed by atoms with Crippen LogP contribution in [0.25, 0.3) is 0 Å². The number of carboxylic acid groups (broad SMARTS) is 1. The van der Waals surface area contributed by atoms with Crippen LogP contribution in [-0.4, -0.2) is 38.5 Å². The average molecular weight is 256 g/mol. The second-order valence-corrected chi connectivity index (χ2v) is 3.46. The van der Waals surface area contributed by atoms with Crippen LogP contribution in [0.4, 0.5) is 0 Å². The summed E-state index contributed by atoms with van der Waals surface area (Å²) in [5.74, 6) is 0.521. The third-order valence-electron chi connectivity index (χ3n) is 2.30. The van der Waals surface area contributed by atoms with Crippen LogP contribution in [0.5, 0.6) is 23.0 Å². The third-order valence-corrected chi connectivity index (χ3v) is 2.30. The second kappa shape index (κ2) is 6.00.